The number of benzene rings is 1. The van der Waals surface area contributed by atoms with E-state index in [1.165, 1.54) is 0 Å². The molecule has 0 saturated heterocycles. The van der Waals surface area contributed by atoms with Gasteiger partial charge in [-0.05, 0) is 24.0 Å². The van der Waals surface area contributed by atoms with Gasteiger partial charge in [0.2, 0.25) is 5.91 Å². The zero-order valence-electron chi connectivity index (χ0n) is 8.26. The van der Waals surface area contributed by atoms with Crippen molar-refractivity contribution in [3.63, 3.8) is 0 Å². The fourth-order valence-electron chi connectivity index (χ4n) is 1.82. The van der Waals surface area contributed by atoms with Crippen molar-refractivity contribution in [3.05, 3.63) is 33.8 Å². The SMILES string of the molecule is CNC(=O)[C@@H]1C[C@H]1c1cccc(Cl)c1Cl. The summed E-state index contributed by atoms with van der Waals surface area (Å²) in [5.74, 6) is 0.373. The Morgan fingerprint density at radius 1 is 1.47 bits per heavy atom. The molecule has 2 nitrogen and oxygen atoms in total. The summed E-state index contributed by atoms with van der Waals surface area (Å²) in [5.41, 5.74) is 0.984. The van der Waals surface area contributed by atoms with Crippen LogP contribution in [0.15, 0.2) is 18.2 Å². The summed E-state index contributed by atoms with van der Waals surface area (Å²) < 4.78 is 0. The van der Waals surface area contributed by atoms with Crippen LogP contribution in [0.3, 0.4) is 0 Å². The van der Waals surface area contributed by atoms with Gasteiger partial charge in [-0.3, -0.25) is 4.79 Å². The minimum atomic E-state index is 0.0611. The van der Waals surface area contributed by atoms with Gasteiger partial charge in [0.05, 0.1) is 10.0 Å². The van der Waals surface area contributed by atoms with E-state index in [9.17, 15) is 4.79 Å². The third kappa shape index (κ3) is 1.97. The Morgan fingerprint density at radius 2 is 2.20 bits per heavy atom. The Hall–Kier alpha value is -0.730. The number of hydrogen-bond donors (Lipinski definition) is 1. The summed E-state index contributed by atoms with van der Waals surface area (Å²) in [6.45, 7) is 0. The number of nitrogens with one attached hydrogen (secondary N) is 1. The van der Waals surface area contributed by atoms with Crippen molar-refractivity contribution < 1.29 is 4.79 Å². The van der Waals surface area contributed by atoms with Crippen molar-refractivity contribution >= 4 is 29.1 Å². The summed E-state index contributed by atoms with van der Waals surface area (Å²) in [5, 5.41) is 3.78. The van der Waals surface area contributed by atoms with Crippen molar-refractivity contribution in [1.29, 1.82) is 0 Å². The maximum Gasteiger partial charge on any atom is 0.223 e. The molecule has 1 amide bonds. The summed E-state index contributed by atoms with van der Waals surface area (Å²) in [6, 6.07) is 5.55. The van der Waals surface area contributed by atoms with Gasteiger partial charge in [0, 0.05) is 13.0 Å². The molecule has 80 valence electrons. The smallest absolute Gasteiger partial charge is 0.223 e. The third-order valence-electron chi connectivity index (χ3n) is 2.75. The van der Waals surface area contributed by atoms with Crippen LogP contribution in [-0.4, -0.2) is 13.0 Å². The van der Waals surface area contributed by atoms with Gasteiger partial charge in [-0.15, -0.1) is 0 Å². The Bertz CT molecular complexity index is 406. The van der Waals surface area contributed by atoms with Crippen LogP contribution in [0.2, 0.25) is 10.0 Å². The van der Waals surface area contributed by atoms with Crippen molar-refractivity contribution in [2.75, 3.05) is 7.05 Å². The van der Waals surface area contributed by atoms with E-state index in [2.05, 4.69) is 5.32 Å². The van der Waals surface area contributed by atoms with E-state index in [1.807, 2.05) is 12.1 Å². The van der Waals surface area contributed by atoms with Crippen molar-refractivity contribution in [1.82, 2.24) is 5.32 Å². The molecule has 0 radical (unpaired) electrons. The first-order chi connectivity index (χ1) is 7.15. The van der Waals surface area contributed by atoms with E-state index in [0.29, 0.717) is 10.0 Å². The minimum Gasteiger partial charge on any atom is -0.359 e. The van der Waals surface area contributed by atoms with Crippen LogP contribution in [0.4, 0.5) is 0 Å². The van der Waals surface area contributed by atoms with Gasteiger partial charge in [-0.1, -0.05) is 35.3 Å². The standard InChI is InChI=1S/C11H11Cl2NO/c1-14-11(15)8-5-7(8)6-3-2-4-9(12)10(6)13/h2-4,7-8H,5H2,1H3,(H,14,15)/t7-,8+/m0/s1. The molecule has 1 fully saturated rings. The fraction of sp³-hybridized carbons (Fsp3) is 0.364. The minimum absolute atomic E-state index is 0.0611. The second-order valence-electron chi connectivity index (χ2n) is 3.71. The van der Waals surface area contributed by atoms with Crippen LogP contribution >= 0.6 is 23.2 Å². The van der Waals surface area contributed by atoms with Crippen LogP contribution in [0.25, 0.3) is 0 Å². The van der Waals surface area contributed by atoms with E-state index >= 15 is 0 Å². The molecular formula is C11H11Cl2NO. The Labute approximate surface area is 98.6 Å². The van der Waals surface area contributed by atoms with Gasteiger partial charge in [-0.2, -0.15) is 0 Å². The van der Waals surface area contributed by atoms with Gasteiger partial charge < -0.3 is 5.32 Å². The first-order valence-corrected chi connectivity index (χ1v) is 5.56. The van der Waals surface area contributed by atoms with Crippen LogP contribution in [0, 0.1) is 5.92 Å². The van der Waals surface area contributed by atoms with Crippen molar-refractivity contribution in [2.45, 2.75) is 12.3 Å². The van der Waals surface area contributed by atoms with Gasteiger partial charge >= 0.3 is 0 Å². The lowest BCUT2D eigenvalue weighted by Gasteiger charge is -2.04. The molecule has 1 saturated carbocycles. The molecule has 0 unspecified atom stereocenters. The highest BCUT2D eigenvalue weighted by Gasteiger charge is 2.44. The maximum atomic E-state index is 11.4. The molecular weight excluding hydrogens is 233 g/mol. The van der Waals surface area contributed by atoms with Gasteiger partial charge in [-0.25, -0.2) is 0 Å². The van der Waals surface area contributed by atoms with E-state index in [4.69, 9.17) is 23.2 Å². The molecule has 1 aromatic carbocycles. The van der Waals surface area contributed by atoms with Crippen LogP contribution in [0.5, 0.6) is 0 Å². The Morgan fingerprint density at radius 3 is 2.87 bits per heavy atom. The van der Waals surface area contributed by atoms with E-state index in [1.54, 1.807) is 13.1 Å². The van der Waals surface area contributed by atoms with Crippen LogP contribution < -0.4 is 5.32 Å². The first kappa shape index (κ1) is 10.8. The predicted octanol–water partition coefficient (Wildman–Crippen LogP) is 2.84. The number of hydrogen-bond acceptors (Lipinski definition) is 1. The lowest BCUT2D eigenvalue weighted by molar-refractivity contribution is -0.121. The van der Waals surface area contributed by atoms with Gasteiger partial charge in [0.1, 0.15) is 0 Å². The molecule has 4 heteroatoms. The molecule has 1 N–H and O–H groups in total. The van der Waals surface area contributed by atoms with Crippen molar-refractivity contribution in [2.24, 2.45) is 5.92 Å². The summed E-state index contributed by atoms with van der Waals surface area (Å²) >= 11 is 12.0. The molecule has 0 aromatic heterocycles. The summed E-state index contributed by atoms with van der Waals surface area (Å²) in [6.07, 6.45) is 0.861. The van der Waals surface area contributed by atoms with Gasteiger partial charge in [0.25, 0.3) is 0 Å². The number of carbonyl (C=O) groups is 1. The van der Waals surface area contributed by atoms with Crippen LogP contribution in [-0.2, 0) is 4.79 Å². The molecule has 0 bridgehead atoms. The lowest BCUT2D eigenvalue weighted by atomic mass is 10.1. The maximum absolute atomic E-state index is 11.4. The molecule has 1 aromatic rings. The fourth-order valence-corrected chi connectivity index (χ4v) is 2.27. The highest BCUT2D eigenvalue weighted by molar-refractivity contribution is 6.42. The second kappa shape index (κ2) is 4.03. The molecule has 1 aliphatic rings. The lowest BCUT2D eigenvalue weighted by Crippen LogP contribution is -2.20. The molecule has 1 aliphatic carbocycles. The number of rotatable bonds is 2. The molecule has 0 heterocycles. The monoisotopic (exact) mass is 243 g/mol. The van der Waals surface area contributed by atoms with E-state index in [-0.39, 0.29) is 17.7 Å². The summed E-state index contributed by atoms with van der Waals surface area (Å²) in [7, 11) is 1.65. The normalized spacial score (nSPS) is 23.7. The second-order valence-corrected chi connectivity index (χ2v) is 4.49. The van der Waals surface area contributed by atoms with E-state index in [0.717, 1.165) is 12.0 Å². The molecule has 2 rings (SSSR count). The number of carbonyl (C=O) groups excluding carboxylic acids is 1. The zero-order valence-corrected chi connectivity index (χ0v) is 9.77. The average molecular weight is 244 g/mol. The Balaban J connectivity index is 2.20. The first-order valence-electron chi connectivity index (χ1n) is 4.80. The number of amides is 1. The molecule has 0 spiro atoms. The topological polar surface area (TPSA) is 29.1 Å². The Kier molecular flexibility index (Phi) is 2.89. The largest absolute Gasteiger partial charge is 0.359 e. The molecule has 0 aliphatic heterocycles. The third-order valence-corrected chi connectivity index (χ3v) is 3.59. The quantitative estimate of drug-likeness (QED) is 0.851. The van der Waals surface area contributed by atoms with Gasteiger partial charge in [0.15, 0.2) is 0 Å². The molecule has 15 heavy (non-hydrogen) atoms. The number of halogens is 2. The highest BCUT2D eigenvalue weighted by Crippen LogP contribution is 2.50. The van der Waals surface area contributed by atoms with E-state index < -0.39 is 0 Å². The molecule has 2 atom stereocenters. The highest BCUT2D eigenvalue weighted by atomic mass is 35.5. The average Bonchev–Trinajstić information content (AvgIpc) is 3.01. The summed E-state index contributed by atoms with van der Waals surface area (Å²) in [4.78, 5) is 11.4. The van der Waals surface area contributed by atoms with Crippen LogP contribution in [0.1, 0.15) is 17.9 Å². The zero-order chi connectivity index (χ0) is 11.0. The van der Waals surface area contributed by atoms with Crippen molar-refractivity contribution in [3.8, 4) is 0 Å². The predicted molar refractivity (Wildman–Crippen MR) is 61.4 cm³/mol.